The monoisotopic (exact) mass is 203 g/mol. The lowest BCUT2D eigenvalue weighted by Gasteiger charge is -2.13. The van der Waals surface area contributed by atoms with Crippen LogP contribution in [0.4, 0.5) is 0 Å². The highest BCUT2D eigenvalue weighted by atomic mass is 16.3. The van der Waals surface area contributed by atoms with Crippen molar-refractivity contribution in [1.82, 2.24) is 5.32 Å². The molecule has 0 amide bonds. The summed E-state index contributed by atoms with van der Waals surface area (Å²) >= 11 is 0. The highest BCUT2D eigenvalue weighted by molar-refractivity contribution is 6.12. The number of fused-ring (bicyclic) bond motifs is 1. The zero-order valence-corrected chi connectivity index (χ0v) is 8.72. The van der Waals surface area contributed by atoms with E-state index in [1.54, 1.807) is 6.26 Å². The molecule has 78 valence electrons. The average molecular weight is 203 g/mol. The molecule has 1 aliphatic heterocycles. The maximum absolute atomic E-state index is 12.2. The lowest BCUT2D eigenvalue weighted by atomic mass is 9.90. The van der Waals surface area contributed by atoms with Crippen molar-refractivity contribution in [2.24, 2.45) is 0 Å². The van der Waals surface area contributed by atoms with Gasteiger partial charge in [0.15, 0.2) is 5.78 Å². The number of furan rings is 1. The van der Waals surface area contributed by atoms with Gasteiger partial charge in [-0.15, -0.1) is 0 Å². The summed E-state index contributed by atoms with van der Waals surface area (Å²) in [6.07, 6.45) is 4.21. The first-order valence-corrected chi connectivity index (χ1v) is 5.41. The van der Waals surface area contributed by atoms with E-state index in [9.17, 15) is 4.79 Å². The van der Waals surface area contributed by atoms with E-state index in [1.807, 2.05) is 0 Å². The Balaban J connectivity index is 2.12. The first-order chi connectivity index (χ1) is 7.31. The van der Waals surface area contributed by atoms with Crippen LogP contribution in [0.25, 0.3) is 0 Å². The Morgan fingerprint density at radius 3 is 3.20 bits per heavy atom. The van der Waals surface area contributed by atoms with Crippen LogP contribution in [0, 0.1) is 0 Å². The molecule has 1 aromatic heterocycles. The molecule has 1 N–H and O–H groups in total. The van der Waals surface area contributed by atoms with Gasteiger partial charge in [-0.25, -0.2) is 0 Å². The highest BCUT2D eigenvalue weighted by Crippen LogP contribution is 2.32. The fourth-order valence-electron chi connectivity index (χ4n) is 2.43. The summed E-state index contributed by atoms with van der Waals surface area (Å²) < 4.78 is 5.46. The SMILES string of the molecule is CCc1coc2c1C(=O)C1=C(C2)NCC1. The zero-order valence-electron chi connectivity index (χ0n) is 8.72. The predicted molar refractivity (Wildman–Crippen MR) is 55.8 cm³/mol. The van der Waals surface area contributed by atoms with Crippen LogP contribution < -0.4 is 5.32 Å². The Hall–Kier alpha value is -1.51. The second kappa shape index (κ2) is 2.99. The number of aryl methyl sites for hydroxylation is 1. The molecule has 0 bridgehead atoms. The second-order valence-electron chi connectivity index (χ2n) is 4.05. The lowest BCUT2D eigenvalue weighted by molar-refractivity contribution is 0.102. The Kier molecular flexibility index (Phi) is 1.75. The number of carbonyl (C=O) groups excluding carboxylic acids is 1. The van der Waals surface area contributed by atoms with Gasteiger partial charge in [0, 0.05) is 29.8 Å². The van der Waals surface area contributed by atoms with E-state index in [0.29, 0.717) is 0 Å². The average Bonchev–Trinajstić information content (AvgIpc) is 2.83. The van der Waals surface area contributed by atoms with Crippen LogP contribution >= 0.6 is 0 Å². The van der Waals surface area contributed by atoms with Gasteiger partial charge in [-0.05, 0) is 12.8 Å². The third kappa shape index (κ3) is 1.09. The van der Waals surface area contributed by atoms with Crippen LogP contribution in [-0.4, -0.2) is 12.3 Å². The Labute approximate surface area is 88.2 Å². The standard InChI is InChI=1S/C12H13NO2/c1-2-7-6-15-10-5-9-8(3-4-13-9)12(14)11(7)10/h6,13H,2-5H2,1H3. The molecular formula is C12H13NO2. The van der Waals surface area contributed by atoms with E-state index in [2.05, 4.69) is 12.2 Å². The van der Waals surface area contributed by atoms with Crippen molar-refractivity contribution in [2.75, 3.05) is 6.54 Å². The molecule has 0 saturated heterocycles. The van der Waals surface area contributed by atoms with Crippen LogP contribution in [0.3, 0.4) is 0 Å². The van der Waals surface area contributed by atoms with Crippen molar-refractivity contribution in [2.45, 2.75) is 26.2 Å². The number of carbonyl (C=O) groups is 1. The lowest BCUT2D eigenvalue weighted by Crippen LogP contribution is -2.17. The maximum atomic E-state index is 12.2. The van der Waals surface area contributed by atoms with Crippen molar-refractivity contribution in [3.63, 3.8) is 0 Å². The van der Waals surface area contributed by atoms with E-state index in [0.717, 1.165) is 54.0 Å². The van der Waals surface area contributed by atoms with Crippen LogP contribution in [0.15, 0.2) is 22.0 Å². The van der Waals surface area contributed by atoms with Crippen LogP contribution in [-0.2, 0) is 12.8 Å². The van der Waals surface area contributed by atoms with Crippen LogP contribution in [0.5, 0.6) is 0 Å². The first kappa shape index (κ1) is 8.77. The number of allylic oxidation sites excluding steroid dienone is 1. The normalized spacial score (nSPS) is 18.9. The smallest absolute Gasteiger partial charge is 0.194 e. The molecule has 0 radical (unpaired) electrons. The van der Waals surface area contributed by atoms with E-state index in [-0.39, 0.29) is 5.78 Å². The Bertz CT molecular complexity index is 468. The molecule has 0 saturated carbocycles. The second-order valence-corrected chi connectivity index (χ2v) is 4.05. The van der Waals surface area contributed by atoms with Crippen molar-refractivity contribution < 1.29 is 9.21 Å². The molecule has 3 nitrogen and oxygen atoms in total. The van der Waals surface area contributed by atoms with Crippen molar-refractivity contribution >= 4 is 5.78 Å². The number of hydrogen-bond acceptors (Lipinski definition) is 3. The summed E-state index contributed by atoms with van der Waals surface area (Å²) in [7, 11) is 0. The number of ketones is 1. The van der Waals surface area contributed by atoms with Crippen LogP contribution in [0.1, 0.15) is 35.0 Å². The topological polar surface area (TPSA) is 42.2 Å². The molecule has 15 heavy (non-hydrogen) atoms. The number of rotatable bonds is 1. The molecule has 0 unspecified atom stereocenters. The van der Waals surface area contributed by atoms with E-state index < -0.39 is 0 Å². The summed E-state index contributed by atoms with van der Waals surface area (Å²) in [6.45, 7) is 2.94. The molecular weight excluding hydrogens is 190 g/mol. The molecule has 1 aromatic rings. The largest absolute Gasteiger partial charge is 0.468 e. The number of hydrogen-bond donors (Lipinski definition) is 1. The minimum Gasteiger partial charge on any atom is -0.468 e. The van der Waals surface area contributed by atoms with E-state index in [1.165, 1.54) is 0 Å². The van der Waals surface area contributed by atoms with Crippen molar-refractivity contribution in [3.05, 3.63) is 34.4 Å². The Morgan fingerprint density at radius 2 is 2.40 bits per heavy atom. The van der Waals surface area contributed by atoms with Crippen molar-refractivity contribution in [3.8, 4) is 0 Å². The summed E-state index contributed by atoms with van der Waals surface area (Å²) in [5, 5.41) is 3.26. The van der Waals surface area contributed by atoms with Gasteiger partial charge in [-0.3, -0.25) is 4.79 Å². The summed E-state index contributed by atoms with van der Waals surface area (Å²) in [4.78, 5) is 12.2. The summed E-state index contributed by atoms with van der Waals surface area (Å²) in [5.74, 6) is 1.02. The Morgan fingerprint density at radius 1 is 1.53 bits per heavy atom. The quantitative estimate of drug-likeness (QED) is 0.757. The van der Waals surface area contributed by atoms with Gasteiger partial charge >= 0.3 is 0 Å². The van der Waals surface area contributed by atoms with E-state index >= 15 is 0 Å². The molecule has 3 rings (SSSR count). The molecule has 2 aliphatic rings. The van der Waals surface area contributed by atoms with Gasteiger partial charge in [-0.2, -0.15) is 0 Å². The molecule has 0 aromatic carbocycles. The maximum Gasteiger partial charge on any atom is 0.194 e. The number of nitrogens with one attached hydrogen (secondary N) is 1. The third-order valence-corrected chi connectivity index (χ3v) is 3.24. The molecule has 0 fully saturated rings. The molecule has 1 aliphatic carbocycles. The van der Waals surface area contributed by atoms with Crippen LogP contribution in [0.2, 0.25) is 0 Å². The van der Waals surface area contributed by atoms with Gasteiger partial charge in [0.25, 0.3) is 0 Å². The molecule has 2 heterocycles. The number of Topliss-reactive ketones (excluding diaryl/α,β-unsaturated/α-hetero) is 1. The zero-order chi connectivity index (χ0) is 10.4. The fraction of sp³-hybridized carbons (Fsp3) is 0.417. The molecule has 0 spiro atoms. The van der Waals surface area contributed by atoms with Gasteiger partial charge in [-0.1, -0.05) is 6.92 Å². The van der Waals surface area contributed by atoms with E-state index in [4.69, 9.17) is 4.42 Å². The van der Waals surface area contributed by atoms with Gasteiger partial charge in [0.2, 0.25) is 0 Å². The van der Waals surface area contributed by atoms with Gasteiger partial charge in [0.1, 0.15) is 5.76 Å². The highest BCUT2D eigenvalue weighted by Gasteiger charge is 2.32. The van der Waals surface area contributed by atoms with Gasteiger partial charge < -0.3 is 9.73 Å². The minimum absolute atomic E-state index is 0.182. The third-order valence-electron chi connectivity index (χ3n) is 3.24. The predicted octanol–water partition coefficient (Wildman–Crippen LogP) is 1.83. The van der Waals surface area contributed by atoms with Gasteiger partial charge in [0.05, 0.1) is 11.8 Å². The summed E-state index contributed by atoms with van der Waals surface area (Å²) in [5.41, 5.74) is 3.93. The molecule has 3 heteroatoms. The molecule has 0 atom stereocenters. The van der Waals surface area contributed by atoms with Crippen molar-refractivity contribution in [1.29, 1.82) is 0 Å². The summed E-state index contributed by atoms with van der Waals surface area (Å²) in [6, 6.07) is 0. The fourth-order valence-corrected chi connectivity index (χ4v) is 2.43. The minimum atomic E-state index is 0.182. The first-order valence-electron chi connectivity index (χ1n) is 5.41.